The van der Waals surface area contributed by atoms with Gasteiger partial charge in [-0.3, -0.25) is 9.59 Å². The summed E-state index contributed by atoms with van der Waals surface area (Å²) in [5.41, 5.74) is 6.96. The summed E-state index contributed by atoms with van der Waals surface area (Å²) in [6, 6.07) is 15.7. The van der Waals surface area contributed by atoms with Gasteiger partial charge in [0.25, 0.3) is 5.91 Å². The first kappa shape index (κ1) is 20.6. The van der Waals surface area contributed by atoms with E-state index in [1.165, 1.54) is 36.3 Å². The predicted octanol–water partition coefficient (Wildman–Crippen LogP) is 3.43. The smallest absolute Gasteiger partial charge is 0.338 e. The maximum Gasteiger partial charge on any atom is 0.338 e. The number of ether oxygens (including phenoxy) is 1. The summed E-state index contributed by atoms with van der Waals surface area (Å²) in [6.07, 6.45) is 0. The topological polar surface area (TPSA) is 111 Å². The molecule has 0 saturated carbocycles. The average Bonchev–Trinajstić information content (AvgIpc) is 3.15. The lowest BCUT2D eigenvalue weighted by Crippen LogP contribution is -2.17. The molecule has 0 radical (unpaired) electrons. The van der Waals surface area contributed by atoms with Crippen molar-refractivity contribution in [1.29, 1.82) is 0 Å². The van der Waals surface area contributed by atoms with Crippen molar-refractivity contribution in [3.05, 3.63) is 65.7 Å². The fourth-order valence-corrected chi connectivity index (χ4v) is 4.31. The summed E-state index contributed by atoms with van der Waals surface area (Å²) >= 11 is 2.44. The van der Waals surface area contributed by atoms with Gasteiger partial charge in [-0.1, -0.05) is 65.6 Å². The van der Waals surface area contributed by atoms with Gasteiger partial charge in [-0.2, -0.15) is 0 Å². The summed E-state index contributed by atoms with van der Waals surface area (Å²) < 4.78 is 5.35. The number of hydrogen-bond acceptors (Lipinski definition) is 7. The lowest BCUT2D eigenvalue weighted by Gasteiger charge is -2.08. The zero-order valence-corrected chi connectivity index (χ0v) is 17.0. The number of rotatable bonds is 7. The lowest BCUT2D eigenvalue weighted by atomic mass is 10.1. The summed E-state index contributed by atoms with van der Waals surface area (Å²) in [4.78, 5) is 40.5. The molecule has 7 nitrogen and oxygen atoms in total. The molecule has 0 fully saturated rings. The highest BCUT2D eigenvalue weighted by Gasteiger charge is 2.21. The molecule has 0 atom stereocenters. The molecule has 3 N–H and O–H groups in total. The second-order valence-electron chi connectivity index (χ2n) is 5.77. The van der Waals surface area contributed by atoms with Crippen molar-refractivity contribution in [1.82, 2.24) is 4.98 Å². The van der Waals surface area contributed by atoms with Gasteiger partial charge in [0.2, 0.25) is 5.91 Å². The number of methoxy groups -OCH3 is 1. The van der Waals surface area contributed by atoms with Gasteiger partial charge < -0.3 is 15.8 Å². The summed E-state index contributed by atoms with van der Waals surface area (Å²) in [6.45, 7) is 0. The van der Waals surface area contributed by atoms with Gasteiger partial charge >= 0.3 is 5.97 Å². The zero-order chi connectivity index (χ0) is 20.8. The number of primary amides is 1. The Morgan fingerprint density at radius 2 is 1.72 bits per heavy atom. The van der Waals surface area contributed by atoms with E-state index in [0.29, 0.717) is 15.0 Å². The number of thiazole rings is 1. The van der Waals surface area contributed by atoms with Crippen LogP contribution < -0.4 is 11.1 Å². The van der Waals surface area contributed by atoms with E-state index >= 15 is 0 Å². The van der Waals surface area contributed by atoms with Crippen molar-refractivity contribution in [3.8, 4) is 11.3 Å². The lowest BCUT2D eigenvalue weighted by molar-refractivity contribution is -0.115. The van der Waals surface area contributed by atoms with Gasteiger partial charge in [-0.15, -0.1) is 0 Å². The van der Waals surface area contributed by atoms with E-state index in [1.807, 2.05) is 30.3 Å². The molecule has 0 unspecified atom stereocenters. The molecular formula is C20H17N3O4S2. The Bertz CT molecular complexity index is 1050. The van der Waals surface area contributed by atoms with E-state index in [2.05, 4.69) is 10.3 Å². The molecule has 1 aromatic heterocycles. The molecule has 148 valence electrons. The molecule has 0 aliphatic carbocycles. The molecule has 0 bridgehead atoms. The van der Waals surface area contributed by atoms with Crippen LogP contribution in [0.25, 0.3) is 11.3 Å². The monoisotopic (exact) mass is 427 g/mol. The van der Waals surface area contributed by atoms with E-state index in [9.17, 15) is 14.4 Å². The number of nitrogens with two attached hydrogens (primary N) is 1. The van der Waals surface area contributed by atoms with Crippen LogP contribution in [-0.2, 0) is 9.53 Å². The van der Waals surface area contributed by atoms with E-state index in [1.54, 1.807) is 18.2 Å². The van der Waals surface area contributed by atoms with E-state index in [-0.39, 0.29) is 16.9 Å². The van der Waals surface area contributed by atoms with Crippen molar-refractivity contribution >= 4 is 45.9 Å². The van der Waals surface area contributed by atoms with Crippen molar-refractivity contribution in [3.63, 3.8) is 0 Å². The number of carbonyl (C=O) groups excluding carboxylic acids is 3. The highest BCUT2D eigenvalue weighted by Crippen LogP contribution is 2.37. The van der Waals surface area contributed by atoms with Crippen LogP contribution in [-0.4, -0.2) is 35.6 Å². The fraction of sp³-hybridized carbons (Fsp3) is 0.100. The molecule has 2 amide bonds. The minimum Gasteiger partial charge on any atom is -0.465 e. The Kier molecular flexibility index (Phi) is 6.63. The largest absolute Gasteiger partial charge is 0.465 e. The highest BCUT2D eigenvalue weighted by atomic mass is 32.2. The minimum absolute atomic E-state index is 0.0836. The first-order valence-corrected chi connectivity index (χ1v) is 10.3. The predicted molar refractivity (Wildman–Crippen MR) is 113 cm³/mol. The number of thioether (sulfide) groups is 1. The molecule has 0 aliphatic heterocycles. The Morgan fingerprint density at radius 3 is 2.38 bits per heavy atom. The maximum absolute atomic E-state index is 12.9. The number of hydrogen-bond donors (Lipinski definition) is 2. The van der Waals surface area contributed by atoms with Crippen molar-refractivity contribution in [2.24, 2.45) is 5.73 Å². The molecule has 0 spiro atoms. The normalized spacial score (nSPS) is 10.4. The van der Waals surface area contributed by atoms with Crippen LogP contribution in [0.1, 0.15) is 20.7 Å². The third kappa shape index (κ3) is 5.01. The molecule has 2 aromatic carbocycles. The summed E-state index contributed by atoms with van der Waals surface area (Å²) in [5.74, 6) is -1.43. The SMILES string of the molecule is COC(=O)c1ccccc1C(=O)Nc1sc(SCC(N)=O)nc1-c1ccccc1. The average molecular weight is 428 g/mol. The van der Waals surface area contributed by atoms with E-state index < -0.39 is 17.8 Å². The second kappa shape index (κ2) is 9.35. The molecule has 3 rings (SSSR count). The molecule has 3 aromatic rings. The van der Waals surface area contributed by atoms with Crippen LogP contribution in [0.4, 0.5) is 5.00 Å². The Labute approximate surface area is 175 Å². The second-order valence-corrected chi connectivity index (χ2v) is 7.99. The molecule has 9 heteroatoms. The van der Waals surface area contributed by atoms with Crippen molar-refractivity contribution < 1.29 is 19.1 Å². The number of nitrogens with zero attached hydrogens (tertiary/aromatic N) is 1. The summed E-state index contributed by atoms with van der Waals surface area (Å²) in [5, 5.41) is 3.34. The Morgan fingerprint density at radius 1 is 1.07 bits per heavy atom. The van der Waals surface area contributed by atoms with Crippen LogP contribution in [0.15, 0.2) is 58.9 Å². The first-order chi connectivity index (χ1) is 14.0. The number of esters is 1. The van der Waals surface area contributed by atoms with Gasteiger partial charge in [0.05, 0.1) is 24.0 Å². The third-order valence-corrected chi connectivity index (χ3v) is 5.93. The van der Waals surface area contributed by atoms with E-state index in [0.717, 1.165) is 5.56 Å². The van der Waals surface area contributed by atoms with Gasteiger partial charge in [0, 0.05) is 5.56 Å². The van der Waals surface area contributed by atoms with Crippen LogP contribution in [0, 0.1) is 0 Å². The standard InChI is InChI=1S/C20H17N3O4S2/c1-27-19(26)14-10-6-5-9-13(14)17(25)23-18-16(12-7-3-2-4-8-12)22-20(29-18)28-11-15(21)24/h2-10H,11H2,1H3,(H2,21,24)(H,23,25). The molecule has 1 heterocycles. The minimum atomic E-state index is -0.596. The third-order valence-electron chi connectivity index (χ3n) is 3.80. The van der Waals surface area contributed by atoms with Gasteiger partial charge in [-0.25, -0.2) is 9.78 Å². The Hall–Kier alpha value is -3.17. The number of carbonyl (C=O) groups is 3. The first-order valence-electron chi connectivity index (χ1n) is 8.45. The van der Waals surface area contributed by atoms with Gasteiger partial charge in [0.15, 0.2) is 4.34 Å². The van der Waals surface area contributed by atoms with Crippen LogP contribution in [0.5, 0.6) is 0 Å². The highest BCUT2D eigenvalue weighted by molar-refractivity contribution is 8.01. The van der Waals surface area contributed by atoms with E-state index in [4.69, 9.17) is 10.5 Å². The molecular weight excluding hydrogens is 410 g/mol. The molecule has 0 saturated heterocycles. The maximum atomic E-state index is 12.9. The van der Waals surface area contributed by atoms with Gasteiger partial charge in [0.1, 0.15) is 10.7 Å². The quantitative estimate of drug-likeness (QED) is 0.441. The number of anilines is 1. The van der Waals surface area contributed by atoms with Crippen LogP contribution in [0.2, 0.25) is 0 Å². The summed E-state index contributed by atoms with van der Waals surface area (Å²) in [7, 11) is 1.26. The molecule has 0 aliphatic rings. The number of amides is 2. The van der Waals surface area contributed by atoms with Crippen LogP contribution in [0.3, 0.4) is 0 Å². The van der Waals surface area contributed by atoms with Crippen molar-refractivity contribution in [2.75, 3.05) is 18.2 Å². The van der Waals surface area contributed by atoms with Crippen LogP contribution >= 0.6 is 23.1 Å². The molecule has 29 heavy (non-hydrogen) atoms. The van der Waals surface area contributed by atoms with Gasteiger partial charge in [-0.05, 0) is 12.1 Å². The Balaban J connectivity index is 1.95. The van der Waals surface area contributed by atoms with Crippen molar-refractivity contribution in [2.45, 2.75) is 4.34 Å². The zero-order valence-electron chi connectivity index (χ0n) is 15.4. The number of aromatic nitrogens is 1. The number of benzene rings is 2. The number of nitrogens with one attached hydrogen (secondary N) is 1. The fourth-order valence-electron chi connectivity index (χ4n) is 2.51.